The molecule has 0 aromatic heterocycles. The molecule has 9 heavy (non-hydrogen) atoms. The molecule has 0 bridgehead atoms. The van der Waals surface area contributed by atoms with E-state index in [0.29, 0.717) is 0 Å². The van der Waals surface area contributed by atoms with Gasteiger partial charge in [0.25, 0.3) is 0 Å². The Morgan fingerprint density at radius 1 is 1.22 bits per heavy atom. The average molecular weight is 124 g/mol. The van der Waals surface area contributed by atoms with Gasteiger partial charge in [0.05, 0.1) is 0 Å². The molecule has 0 nitrogen and oxygen atoms in total. The van der Waals surface area contributed by atoms with Crippen LogP contribution in [0.2, 0.25) is 0 Å². The van der Waals surface area contributed by atoms with Crippen molar-refractivity contribution in [1.82, 2.24) is 0 Å². The van der Waals surface area contributed by atoms with Crippen LogP contribution in [0.1, 0.15) is 34.1 Å². The van der Waals surface area contributed by atoms with E-state index in [-0.39, 0.29) is 0 Å². The molecule has 0 unspecified atom stereocenters. The van der Waals surface area contributed by atoms with Gasteiger partial charge in [-0.15, -0.1) is 0 Å². The Morgan fingerprint density at radius 3 is 1.78 bits per heavy atom. The number of rotatable bonds is 2. The second-order valence-electron chi connectivity index (χ2n) is 2.54. The van der Waals surface area contributed by atoms with Crippen LogP contribution in [-0.4, -0.2) is 0 Å². The highest BCUT2D eigenvalue weighted by Crippen LogP contribution is 2.13. The van der Waals surface area contributed by atoms with E-state index in [2.05, 4.69) is 34.3 Å². The molecule has 0 aliphatic heterocycles. The van der Waals surface area contributed by atoms with E-state index in [0.717, 1.165) is 6.42 Å². The molecule has 0 aliphatic carbocycles. The predicted octanol–water partition coefficient (Wildman–Crippen LogP) is 3.31. The van der Waals surface area contributed by atoms with Crippen molar-refractivity contribution in [2.75, 3.05) is 0 Å². The third kappa shape index (κ3) is 2.50. The number of hydrogen-bond donors (Lipinski definition) is 0. The standard InChI is InChI=1S/C9H16/c1-6-8(4)9(5)7(2)3/h2,6H2,1,3-5H3/b9-8+. The third-order valence-corrected chi connectivity index (χ3v) is 1.81. The number of allylic oxidation sites excluding steroid dienone is 3. The van der Waals surface area contributed by atoms with Crippen molar-refractivity contribution < 1.29 is 0 Å². The van der Waals surface area contributed by atoms with E-state index < -0.39 is 0 Å². The van der Waals surface area contributed by atoms with Crippen molar-refractivity contribution in [3.05, 3.63) is 23.3 Å². The number of hydrogen-bond acceptors (Lipinski definition) is 0. The fourth-order valence-electron chi connectivity index (χ4n) is 0.629. The SMILES string of the molecule is C=C(C)/C(C)=C(\C)CC. The second kappa shape index (κ2) is 3.49. The summed E-state index contributed by atoms with van der Waals surface area (Å²) < 4.78 is 0. The molecule has 0 N–H and O–H groups in total. The van der Waals surface area contributed by atoms with Gasteiger partial charge in [0.2, 0.25) is 0 Å². The highest BCUT2D eigenvalue weighted by Gasteiger charge is 1.92. The lowest BCUT2D eigenvalue weighted by Crippen LogP contribution is -1.82. The van der Waals surface area contributed by atoms with E-state index in [9.17, 15) is 0 Å². The lowest BCUT2D eigenvalue weighted by atomic mass is 10.0. The van der Waals surface area contributed by atoms with Crippen LogP contribution in [0.3, 0.4) is 0 Å². The fraction of sp³-hybridized carbons (Fsp3) is 0.556. The molecular weight excluding hydrogens is 108 g/mol. The van der Waals surface area contributed by atoms with Crippen molar-refractivity contribution in [2.45, 2.75) is 34.1 Å². The molecule has 0 amide bonds. The van der Waals surface area contributed by atoms with Crippen molar-refractivity contribution in [3.8, 4) is 0 Å². The minimum atomic E-state index is 1.14. The summed E-state index contributed by atoms with van der Waals surface area (Å²) in [5, 5.41) is 0. The maximum absolute atomic E-state index is 3.87. The molecule has 0 aromatic rings. The van der Waals surface area contributed by atoms with Gasteiger partial charge in [0.15, 0.2) is 0 Å². The maximum atomic E-state index is 3.87. The summed E-state index contributed by atoms with van der Waals surface area (Å²) >= 11 is 0. The first-order valence-electron chi connectivity index (χ1n) is 3.41. The summed E-state index contributed by atoms with van der Waals surface area (Å²) in [7, 11) is 0. The van der Waals surface area contributed by atoms with Crippen LogP contribution >= 0.6 is 0 Å². The van der Waals surface area contributed by atoms with Crippen molar-refractivity contribution in [1.29, 1.82) is 0 Å². The van der Waals surface area contributed by atoms with E-state index in [1.807, 2.05) is 0 Å². The van der Waals surface area contributed by atoms with Crippen molar-refractivity contribution in [2.24, 2.45) is 0 Å². The molecule has 52 valence electrons. The molecule has 0 aromatic carbocycles. The maximum Gasteiger partial charge on any atom is -0.0346 e. The van der Waals surface area contributed by atoms with Crippen LogP contribution in [0.5, 0.6) is 0 Å². The van der Waals surface area contributed by atoms with Gasteiger partial charge in [-0.05, 0) is 32.8 Å². The van der Waals surface area contributed by atoms with E-state index in [1.165, 1.54) is 16.7 Å². The molecule has 0 saturated carbocycles. The smallest absolute Gasteiger partial charge is 0.0346 e. The van der Waals surface area contributed by atoms with Gasteiger partial charge in [-0.2, -0.15) is 0 Å². The summed E-state index contributed by atoms with van der Waals surface area (Å²) in [6, 6.07) is 0. The van der Waals surface area contributed by atoms with Crippen LogP contribution < -0.4 is 0 Å². The van der Waals surface area contributed by atoms with Gasteiger partial charge in [0, 0.05) is 0 Å². The molecule has 0 fully saturated rings. The zero-order chi connectivity index (χ0) is 7.44. The lowest BCUT2D eigenvalue weighted by molar-refractivity contribution is 1.06. The van der Waals surface area contributed by atoms with Crippen LogP contribution in [-0.2, 0) is 0 Å². The van der Waals surface area contributed by atoms with Gasteiger partial charge in [0.1, 0.15) is 0 Å². The van der Waals surface area contributed by atoms with Crippen LogP contribution in [0.15, 0.2) is 23.3 Å². The molecule has 0 spiro atoms. The molecule has 0 heteroatoms. The second-order valence-corrected chi connectivity index (χ2v) is 2.54. The Balaban J connectivity index is 4.28. The summed E-state index contributed by atoms with van der Waals surface area (Å²) in [4.78, 5) is 0. The summed E-state index contributed by atoms with van der Waals surface area (Å²) in [5.41, 5.74) is 3.99. The van der Waals surface area contributed by atoms with Crippen molar-refractivity contribution >= 4 is 0 Å². The van der Waals surface area contributed by atoms with Crippen LogP contribution in [0.4, 0.5) is 0 Å². The lowest BCUT2D eigenvalue weighted by Gasteiger charge is -2.02. The minimum absolute atomic E-state index is 1.14. The molecule has 0 aliphatic rings. The zero-order valence-corrected chi connectivity index (χ0v) is 6.91. The zero-order valence-electron chi connectivity index (χ0n) is 6.91. The van der Waals surface area contributed by atoms with Crippen LogP contribution in [0, 0.1) is 0 Å². The predicted molar refractivity (Wildman–Crippen MR) is 43.5 cm³/mol. The Kier molecular flexibility index (Phi) is 3.29. The van der Waals surface area contributed by atoms with E-state index >= 15 is 0 Å². The monoisotopic (exact) mass is 124 g/mol. The minimum Gasteiger partial charge on any atom is -0.0959 e. The summed E-state index contributed by atoms with van der Waals surface area (Å²) in [5.74, 6) is 0. The highest BCUT2D eigenvalue weighted by atomic mass is 14.0. The Hall–Kier alpha value is -0.520. The topological polar surface area (TPSA) is 0 Å². The Labute approximate surface area is 58.3 Å². The van der Waals surface area contributed by atoms with Gasteiger partial charge in [-0.3, -0.25) is 0 Å². The largest absolute Gasteiger partial charge is 0.0959 e. The van der Waals surface area contributed by atoms with Gasteiger partial charge >= 0.3 is 0 Å². The highest BCUT2D eigenvalue weighted by molar-refractivity contribution is 5.28. The first-order chi connectivity index (χ1) is 4.09. The Bertz CT molecular complexity index is 138. The van der Waals surface area contributed by atoms with E-state index in [1.54, 1.807) is 0 Å². The first kappa shape index (κ1) is 8.48. The fourth-order valence-corrected chi connectivity index (χ4v) is 0.629. The average Bonchev–Trinajstić information content (AvgIpc) is 1.84. The first-order valence-corrected chi connectivity index (χ1v) is 3.41. The third-order valence-electron chi connectivity index (χ3n) is 1.81. The summed E-state index contributed by atoms with van der Waals surface area (Å²) in [6.45, 7) is 12.4. The quantitative estimate of drug-likeness (QED) is 0.495. The molecule has 0 atom stereocenters. The normalized spacial score (nSPS) is 12.9. The Morgan fingerprint density at radius 2 is 1.67 bits per heavy atom. The molecule has 0 saturated heterocycles. The van der Waals surface area contributed by atoms with E-state index in [4.69, 9.17) is 0 Å². The molecule has 0 heterocycles. The van der Waals surface area contributed by atoms with Gasteiger partial charge in [-0.1, -0.05) is 24.6 Å². The van der Waals surface area contributed by atoms with Gasteiger partial charge in [-0.25, -0.2) is 0 Å². The molecule has 0 rings (SSSR count). The van der Waals surface area contributed by atoms with Crippen molar-refractivity contribution in [3.63, 3.8) is 0 Å². The molecular formula is C9H16. The van der Waals surface area contributed by atoms with Gasteiger partial charge < -0.3 is 0 Å². The molecule has 0 radical (unpaired) electrons. The summed E-state index contributed by atoms with van der Waals surface area (Å²) in [6.07, 6.45) is 1.14. The van der Waals surface area contributed by atoms with Crippen LogP contribution in [0.25, 0.3) is 0 Å².